The van der Waals surface area contributed by atoms with Crippen LogP contribution in [-0.4, -0.2) is 34.3 Å². The molecule has 0 bridgehead atoms. The molecule has 2 fully saturated rings. The summed E-state index contributed by atoms with van der Waals surface area (Å²) in [4.78, 5) is 48.7. The summed E-state index contributed by atoms with van der Waals surface area (Å²) in [7, 11) is 0. The molecule has 5 nitrogen and oxygen atoms in total. The zero-order valence-corrected chi connectivity index (χ0v) is 11.2. The molecule has 1 heterocycles. The molecule has 1 aliphatic carbocycles. The van der Waals surface area contributed by atoms with Gasteiger partial charge in [-0.25, -0.2) is 0 Å². The van der Waals surface area contributed by atoms with Crippen LogP contribution in [0, 0.1) is 0 Å². The molecule has 0 aromatic heterocycles. The maximum absolute atomic E-state index is 12.3. The van der Waals surface area contributed by atoms with Crippen molar-refractivity contribution in [2.75, 3.05) is 0 Å². The Morgan fingerprint density at radius 1 is 1.15 bits per heavy atom. The monoisotopic (exact) mass is 273 g/mol. The standard InChI is InChI=1S/C15H15NO4/c1-3-5-11-10(4-2)14(19)16(15(11)20)12-7-6-9(17)8-13(12)18/h3-5,12H,1,6-8H2,2H3/b10-4+,11-5+. The number of amides is 2. The Balaban J connectivity index is 2.38. The first-order valence-electron chi connectivity index (χ1n) is 6.43. The van der Waals surface area contributed by atoms with E-state index in [0.717, 1.165) is 4.90 Å². The lowest BCUT2D eigenvalue weighted by Crippen LogP contribution is -2.47. The lowest BCUT2D eigenvalue weighted by atomic mass is 9.92. The lowest BCUT2D eigenvalue weighted by Gasteiger charge is -2.27. The molecule has 1 unspecified atom stereocenters. The summed E-state index contributed by atoms with van der Waals surface area (Å²) in [6, 6.07) is -0.821. The van der Waals surface area contributed by atoms with Crippen molar-refractivity contribution in [2.45, 2.75) is 32.2 Å². The van der Waals surface area contributed by atoms with Crippen LogP contribution >= 0.6 is 0 Å². The topological polar surface area (TPSA) is 71.5 Å². The molecule has 1 atom stereocenters. The minimum absolute atomic E-state index is 0.140. The van der Waals surface area contributed by atoms with E-state index in [1.807, 2.05) is 0 Å². The van der Waals surface area contributed by atoms with E-state index in [4.69, 9.17) is 0 Å². The Hall–Kier alpha value is -2.30. The highest BCUT2D eigenvalue weighted by Crippen LogP contribution is 2.30. The third-order valence-electron chi connectivity index (χ3n) is 3.51. The van der Waals surface area contributed by atoms with Crippen molar-refractivity contribution in [3.63, 3.8) is 0 Å². The number of carbonyl (C=O) groups excluding carboxylic acids is 4. The highest BCUT2D eigenvalue weighted by molar-refractivity contribution is 6.26. The second kappa shape index (κ2) is 5.36. The molecule has 2 amide bonds. The molecule has 0 spiro atoms. The van der Waals surface area contributed by atoms with Gasteiger partial charge < -0.3 is 0 Å². The van der Waals surface area contributed by atoms with E-state index in [1.54, 1.807) is 13.0 Å². The number of rotatable bonds is 2. The number of Topliss-reactive ketones (excluding diaryl/α,β-unsaturated/α-hetero) is 2. The van der Waals surface area contributed by atoms with Crippen molar-refractivity contribution in [3.05, 3.63) is 36.0 Å². The van der Waals surface area contributed by atoms with Gasteiger partial charge in [-0.05, 0) is 19.4 Å². The molecular weight excluding hydrogens is 258 g/mol. The van der Waals surface area contributed by atoms with E-state index in [0.29, 0.717) is 0 Å². The first-order chi connectivity index (χ1) is 9.51. The van der Waals surface area contributed by atoms with Crippen molar-refractivity contribution >= 4 is 23.4 Å². The summed E-state index contributed by atoms with van der Waals surface area (Å²) < 4.78 is 0. The molecule has 0 aromatic carbocycles. The molecule has 2 rings (SSSR count). The molecule has 104 valence electrons. The molecule has 20 heavy (non-hydrogen) atoms. The van der Waals surface area contributed by atoms with Gasteiger partial charge in [-0.3, -0.25) is 24.1 Å². The van der Waals surface area contributed by atoms with Gasteiger partial charge in [0.05, 0.1) is 18.0 Å². The molecule has 0 radical (unpaired) electrons. The van der Waals surface area contributed by atoms with Crippen molar-refractivity contribution in [2.24, 2.45) is 0 Å². The second-order valence-corrected chi connectivity index (χ2v) is 4.73. The fraction of sp³-hybridized carbons (Fsp3) is 0.333. The minimum atomic E-state index is -0.821. The molecule has 5 heteroatoms. The van der Waals surface area contributed by atoms with Crippen LogP contribution in [0.1, 0.15) is 26.2 Å². The van der Waals surface area contributed by atoms with Crippen LogP contribution in [0.15, 0.2) is 36.0 Å². The van der Waals surface area contributed by atoms with Gasteiger partial charge in [0.25, 0.3) is 11.8 Å². The summed E-state index contributed by atoms with van der Waals surface area (Å²) in [5.41, 5.74) is 0.525. The SMILES string of the molecule is C=C/C=C1/C(=O)N(C2CCC(=O)CC2=O)C(=O)/C1=C/C. The maximum Gasteiger partial charge on any atom is 0.262 e. The smallest absolute Gasteiger partial charge is 0.262 e. The number of imide groups is 1. The van der Waals surface area contributed by atoms with Gasteiger partial charge in [0.1, 0.15) is 5.78 Å². The minimum Gasteiger partial charge on any atom is -0.299 e. The van der Waals surface area contributed by atoms with E-state index in [1.165, 1.54) is 12.2 Å². The fourth-order valence-electron chi connectivity index (χ4n) is 2.56. The number of nitrogens with zero attached hydrogens (tertiary/aromatic N) is 1. The van der Waals surface area contributed by atoms with E-state index >= 15 is 0 Å². The summed E-state index contributed by atoms with van der Waals surface area (Å²) in [5, 5.41) is 0. The molecular formula is C15H15NO4. The van der Waals surface area contributed by atoms with Gasteiger partial charge >= 0.3 is 0 Å². The van der Waals surface area contributed by atoms with Crippen molar-refractivity contribution in [1.29, 1.82) is 0 Å². The van der Waals surface area contributed by atoms with Gasteiger partial charge in [-0.1, -0.05) is 18.7 Å². The summed E-state index contributed by atoms with van der Waals surface area (Å²) in [6.45, 7) is 5.18. The average Bonchev–Trinajstić information content (AvgIpc) is 2.63. The Morgan fingerprint density at radius 2 is 1.80 bits per heavy atom. The average molecular weight is 273 g/mol. The van der Waals surface area contributed by atoms with Gasteiger partial charge in [-0.2, -0.15) is 0 Å². The number of carbonyl (C=O) groups is 4. The third kappa shape index (κ3) is 2.15. The molecule has 2 aliphatic rings. The van der Waals surface area contributed by atoms with Gasteiger partial charge in [0, 0.05) is 12.0 Å². The quantitative estimate of drug-likeness (QED) is 0.429. The van der Waals surface area contributed by atoms with Gasteiger partial charge in [-0.15, -0.1) is 0 Å². The maximum atomic E-state index is 12.3. The van der Waals surface area contributed by atoms with Crippen LogP contribution in [-0.2, 0) is 19.2 Å². The Kier molecular flexibility index (Phi) is 3.79. The number of likely N-dealkylation sites (tertiary alicyclic amines) is 1. The lowest BCUT2D eigenvalue weighted by molar-refractivity contribution is -0.147. The van der Waals surface area contributed by atoms with Crippen molar-refractivity contribution in [1.82, 2.24) is 4.90 Å². The number of allylic oxidation sites excluding steroid dienone is 3. The Bertz CT molecular complexity index is 583. The fourth-order valence-corrected chi connectivity index (χ4v) is 2.56. The van der Waals surface area contributed by atoms with Gasteiger partial charge in [0.2, 0.25) is 0 Å². The normalized spacial score (nSPS) is 27.9. The molecule has 1 aliphatic heterocycles. The van der Waals surface area contributed by atoms with Crippen LogP contribution in [0.25, 0.3) is 0 Å². The van der Waals surface area contributed by atoms with Crippen LogP contribution in [0.5, 0.6) is 0 Å². The molecule has 1 saturated carbocycles. The van der Waals surface area contributed by atoms with Crippen LogP contribution in [0.2, 0.25) is 0 Å². The van der Waals surface area contributed by atoms with Crippen LogP contribution < -0.4 is 0 Å². The molecule has 0 aromatic rings. The van der Waals surface area contributed by atoms with E-state index in [-0.39, 0.29) is 42.0 Å². The summed E-state index contributed by atoms with van der Waals surface area (Å²) >= 11 is 0. The summed E-state index contributed by atoms with van der Waals surface area (Å²) in [6.07, 6.45) is 4.68. The van der Waals surface area contributed by atoms with Crippen LogP contribution in [0.4, 0.5) is 0 Å². The Morgan fingerprint density at radius 3 is 2.35 bits per heavy atom. The number of ketones is 2. The van der Waals surface area contributed by atoms with E-state index < -0.39 is 17.9 Å². The molecule has 1 saturated heterocycles. The number of hydrogen-bond acceptors (Lipinski definition) is 4. The highest BCUT2D eigenvalue weighted by atomic mass is 16.2. The highest BCUT2D eigenvalue weighted by Gasteiger charge is 2.45. The predicted octanol–water partition coefficient (Wildman–Crippen LogP) is 1.10. The largest absolute Gasteiger partial charge is 0.299 e. The first kappa shape index (κ1) is 14.1. The van der Waals surface area contributed by atoms with Crippen LogP contribution in [0.3, 0.4) is 0 Å². The van der Waals surface area contributed by atoms with Crippen molar-refractivity contribution < 1.29 is 19.2 Å². The zero-order valence-electron chi connectivity index (χ0n) is 11.2. The van der Waals surface area contributed by atoms with Gasteiger partial charge in [0.15, 0.2) is 5.78 Å². The predicted molar refractivity (Wildman–Crippen MR) is 71.5 cm³/mol. The number of hydrogen-bond donors (Lipinski definition) is 0. The molecule has 0 N–H and O–H groups in total. The van der Waals surface area contributed by atoms with E-state index in [2.05, 4.69) is 6.58 Å². The zero-order chi connectivity index (χ0) is 14.9. The Labute approximate surface area is 116 Å². The third-order valence-corrected chi connectivity index (χ3v) is 3.51. The van der Waals surface area contributed by atoms with E-state index in [9.17, 15) is 19.2 Å². The summed E-state index contributed by atoms with van der Waals surface area (Å²) in [5.74, 6) is -1.47. The second-order valence-electron chi connectivity index (χ2n) is 4.73. The first-order valence-corrected chi connectivity index (χ1v) is 6.43. The van der Waals surface area contributed by atoms with Crippen molar-refractivity contribution in [3.8, 4) is 0 Å².